The monoisotopic (exact) mass is 580 g/mol. The van der Waals surface area contributed by atoms with E-state index in [1.807, 2.05) is 62.1 Å². The van der Waals surface area contributed by atoms with Crippen molar-refractivity contribution >= 4 is 46.1 Å². The van der Waals surface area contributed by atoms with Crippen LogP contribution in [0.4, 0.5) is 17.1 Å². The Hall–Kier alpha value is -4.47. The maximum atomic E-state index is 13.4. The van der Waals surface area contributed by atoms with Gasteiger partial charge in [0.25, 0.3) is 5.91 Å². The molecule has 3 aliphatic rings. The fraction of sp³-hybridized carbons (Fsp3) is 0.324. The number of amides is 2. The second kappa shape index (κ2) is 11.7. The lowest BCUT2D eigenvalue weighted by atomic mass is 9.98. The topological polar surface area (TPSA) is 100 Å². The van der Waals surface area contributed by atoms with Crippen LogP contribution in [0.15, 0.2) is 60.7 Å². The van der Waals surface area contributed by atoms with E-state index < -0.39 is 5.97 Å². The van der Waals surface area contributed by atoms with Gasteiger partial charge < -0.3 is 25.0 Å². The molecule has 2 N–H and O–H groups in total. The molecule has 9 nitrogen and oxygen atoms in total. The van der Waals surface area contributed by atoms with Gasteiger partial charge in [-0.1, -0.05) is 35.9 Å². The fourth-order valence-corrected chi connectivity index (χ4v) is 6.24. The standard InChI is InChI=1S/C34H36N4O5/c1-20-5-7-23(8-6-20)32(31-27-11-9-25(34(41)42-4)16-28(27)36-33(31)40)35-26-10-12-29-24(15-26)13-14-38(29)30(39)19-37-17-21(2)43-22(3)18-37/h5-12,15-16,21-22,35H,13-14,17-19H2,1-4H3,(H,36,40)/b32-31-. The van der Waals surface area contributed by atoms with Gasteiger partial charge in [0.05, 0.1) is 48.4 Å². The van der Waals surface area contributed by atoms with Crippen LogP contribution < -0.4 is 15.5 Å². The highest BCUT2D eigenvalue weighted by atomic mass is 16.5. The average Bonchev–Trinajstić information content (AvgIpc) is 3.55. The molecule has 43 heavy (non-hydrogen) atoms. The maximum Gasteiger partial charge on any atom is 0.337 e. The van der Waals surface area contributed by atoms with Crippen LogP contribution in [-0.4, -0.2) is 68.2 Å². The molecule has 0 aliphatic carbocycles. The van der Waals surface area contributed by atoms with Gasteiger partial charge in [0.15, 0.2) is 0 Å². The molecule has 2 atom stereocenters. The summed E-state index contributed by atoms with van der Waals surface area (Å²) in [7, 11) is 1.33. The van der Waals surface area contributed by atoms with Crippen LogP contribution in [0.5, 0.6) is 0 Å². The van der Waals surface area contributed by atoms with Crippen LogP contribution >= 0.6 is 0 Å². The van der Waals surface area contributed by atoms with Gasteiger partial charge in [-0.3, -0.25) is 14.5 Å². The minimum atomic E-state index is -0.467. The number of fused-ring (bicyclic) bond motifs is 2. The van der Waals surface area contributed by atoms with Crippen molar-refractivity contribution in [2.75, 3.05) is 48.8 Å². The summed E-state index contributed by atoms with van der Waals surface area (Å²) in [5.74, 6) is -0.635. The maximum absolute atomic E-state index is 13.4. The van der Waals surface area contributed by atoms with Crippen molar-refractivity contribution in [2.45, 2.75) is 39.4 Å². The Bertz CT molecular complexity index is 1620. The van der Waals surface area contributed by atoms with Crippen LogP contribution in [0.1, 0.15) is 46.5 Å². The molecule has 9 heteroatoms. The average molecular weight is 581 g/mol. The number of hydrogen-bond acceptors (Lipinski definition) is 7. The number of esters is 1. The largest absolute Gasteiger partial charge is 0.465 e. The first-order valence-corrected chi connectivity index (χ1v) is 14.6. The SMILES string of the molecule is COC(=O)c1ccc2c(c1)NC(=O)/C2=C(\Nc1ccc2c(c1)CCN2C(=O)CN1CC(C)OC(C)C1)c1ccc(C)cc1. The number of anilines is 3. The summed E-state index contributed by atoms with van der Waals surface area (Å²) in [6.45, 7) is 8.60. The van der Waals surface area contributed by atoms with Crippen LogP contribution in [0.3, 0.4) is 0 Å². The van der Waals surface area contributed by atoms with Crippen molar-refractivity contribution in [3.8, 4) is 0 Å². The minimum absolute atomic E-state index is 0.0915. The van der Waals surface area contributed by atoms with E-state index in [4.69, 9.17) is 9.47 Å². The quantitative estimate of drug-likeness (QED) is 0.322. The Balaban J connectivity index is 1.30. The van der Waals surface area contributed by atoms with Gasteiger partial charge in [0.2, 0.25) is 5.91 Å². The van der Waals surface area contributed by atoms with E-state index in [-0.39, 0.29) is 24.0 Å². The zero-order valence-corrected chi connectivity index (χ0v) is 24.9. The molecule has 0 saturated carbocycles. The molecule has 3 aromatic carbocycles. The number of carbonyl (C=O) groups is 3. The van der Waals surface area contributed by atoms with Gasteiger partial charge in [0.1, 0.15) is 0 Å². The van der Waals surface area contributed by atoms with Gasteiger partial charge in [0, 0.05) is 36.6 Å². The minimum Gasteiger partial charge on any atom is -0.465 e. The third-order valence-corrected chi connectivity index (χ3v) is 8.18. The number of morpholine rings is 1. The van der Waals surface area contributed by atoms with Gasteiger partial charge in [-0.05, 0) is 68.7 Å². The zero-order chi connectivity index (χ0) is 30.2. The molecule has 0 bridgehead atoms. The summed E-state index contributed by atoms with van der Waals surface area (Å²) in [6.07, 6.45) is 0.969. The van der Waals surface area contributed by atoms with Crippen LogP contribution in [0, 0.1) is 6.92 Å². The summed E-state index contributed by atoms with van der Waals surface area (Å²) in [5.41, 5.74) is 7.55. The number of rotatable bonds is 6. The molecule has 2 amide bonds. The lowest BCUT2D eigenvalue weighted by molar-refractivity contribution is -0.123. The van der Waals surface area contributed by atoms with Gasteiger partial charge in [-0.2, -0.15) is 0 Å². The number of methoxy groups -OCH3 is 1. The number of nitrogens with one attached hydrogen (secondary N) is 2. The van der Waals surface area contributed by atoms with Crippen molar-refractivity contribution in [1.29, 1.82) is 0 Å². The highest BCUT2D eigenvalue weighted by molar-refractivity contribution is 6.37. The first-order chi connectivity index (χ1) is 20.7. The van der Waals surface area contributed by atoms with Gasteiger partial charge in [-0.15, -0.1) is 0 Å². The molecule has 0 spiro atoms. The van der Waals surface area contributed by atoms with E-state index in [1.54, 1.807) is 18.2 Å². The van der Waals surface area contributed by atoms with E-state index in [0.717, 1.165) is 47.6 Å². The highest BCUT2D eigenvalue weighted by Crippen LogP contribution is 2.39. The van der Waals surface area contributed by atoms with Crippen molar-refractivity contribution in [3.63, 3.8) is 0 Å². The Kier molecular flexibility index (Phi) is 7.77. The molecule has 0 aromatic heterocycles. The molecule has 1 fully saturated rings. The number of aryl methyl sites for hydroxylation is 1. The van der Waals surface area contributed by atoms with Crippen molar-refractivity contribution in [2.24, 2.45) is 0 Å². The van der Waals surface area contributed by atoms with Gasteiger partial charge >= 0.3 is 5.97 Å². The number of ether oxygens (including phenoxy) is 2. The predicted octanol–water partition coefficient (Wildman–Crippen LogP) is 4.71. The molecule has 0 radical (unpaired) electrons. The third-order valence-electron chi connectivity index (χ3n) is 8.18. The molecule has 1 saturated heterocycles. The Morgan fingerprint density at radius 2 is 1.72 bits per heavy atom. The number of benzene rings is 3. The summed E-state index contributed by atoms with van der Waals surface area (Å²) < 4.78 is 10.7. The van der Waals surface area contributed by atoms with E-state index in [9.17, 15) is 14.4 Å². The molecule has 6 rings (SSSR count). The summed E-state index contributed by atoms with van der Waals surface area (Å²) >= 11 is 0. The molecule has 222 valence electrons. The van der Waals surface area contributed by atoms with E-state index in [2.05, 4.69) is 21.6 Å². The smallest absolute Gasteiger partial charge is 0.337 e. The number of carbonyl (C=O) groups excluding carboxylic acids is 3. The molecular weight excluding hydrogens is 544 g/mol. The number of nitrogens with zero attached hydrogens (tertiary/aromatic N) is 2. The highest BCUT2D eigenvalue weighted by Gasteiger charge is 2.31. The van der Waals surface area contributed by atoms with E-state index in [1.165, 1.54) is 7.11 Å². The van der Waals surface area contributed by atoms with Gasteiger partial charge in [-0.25, -0.2) is 4.79 Å². The summed E-state index contributed by atoms with van der Waals surface area (Å²) in [5, 5.41) is 6.44. The molecule has 3 aromatic rings. The first kappa shape index (κ1) is 28.6. The first-order valence-electron chi connectivity index (χ1n) is 14.6. The van der Waals surface area contributed by atoms with E-state index >= 15 is 0 Å². The molecular formula is C34H36N4O5. The van der Waals surface area contributed by atoms with E-state index in [0.29, 0.717) is 41.2 Å². The van der Waals surface area contributed by atoms with Crippen LogP contribution in [0.2, 0.25) is 0 Å². The zero-order valence-electron chi connectivity index (χ0n) is 24.9. The van der Waals surface area contributed by atoms with Crippen molar-refractivity contribution < 1.29 is 23.9 Å². The Morgan fingerprint density at radius 3 is 2.44 bits per heavy atom. The third kappa shape index (κ3) is 5.78. The summed E-state index contributed by atoms with van der Waals surface area (Å²) in [6, 6.07) is 19.1. The van der Waals surface area contributed by atoms with Crippen LogP contribution in [0.25, 0.3) is 11.3 Å². The molecule has 3 heterocycles. The lowest BCUT2D eigenvalue weighted by Gasteiger charge is -2.35. The van der Waals surface area contributed by atoms with Crippen molar-refractivity contribution in [1.82, 2.24) is 4.90 Å². The fourth-order valence-electron chi connectivity index (χ4n) is 6.24. The normalized spacial score (nSPS) is 20.7. The number of hydrogen-bond donors (Lipinski definition) is 2. The predicted molar refractivity (Wildman–Crippen MR) is 167 cm³/mol. The Morgan fingerprint density at radius 1 is 1.00 bits per heavy atom. The van der Waals surface area contributed by atoms with Crippen LogP contribution in [-0.2, 0) is 25.5 Å². The lowest BCUT2D eigenvalue weighted by Crippen LogP contribution is -2.49. The molecule has 2 unspecified atom stereocenters. The second-order valence-electron chi connectivity index (χ2n) is 11.5. The van der Waals surface area contributed by atoms with Crippen molar-refractivity contribution in [3.05, 3.63) is 88.5 Å². The molecule has 3 aliphatic heterocycles. The summed E-state index contributed by atoms with van der Waals surface area (Å²) in [4.78, 5) is 42.9. The second-order valence-corrected chi connectivity index (χ2v) is 11.5. The Labute approximate surface area is 251 Å².